The summed E-state index contributed by atoms with van der Waals surface area (Å²) in [5.74, 6) is 0. The van der Waals surface area contributed by atoms with Crippen molar-refractivity contribution in [3.8, 4) is 0 Å². The van der Waals surface area contributed by atoms with E-state index in [1.807, 2.05) is 12.1 Å². The van der Waals surface area contributed by atoms with E-state index in [2.05, 4.69) is 20.9 Å². The molecule has 0 unspecified atom stereocenters. The van der Waals surface area contributed by atoms with Crippen LogP contribution in [0.25, 0.3) is 10.9 Å². The molecule has 1 aromatic heterocycles. The molecule has 0 aliphatic carbocycles. The topological polar surface area (TPSA) is 32.9 Å². The molecule has 66 valence electrons. The molecule has 0 amide bonds. The Morgan fingerprint density at radius 3 is 2.85 bits per heavy atom. The molecule has 13 heavy (non-hydrogen) atoms. The first-order valence-electron chi connectivity index (χ1n) is 3.65. The van der Waals surface area contributed by atoms with Crippen molar-refractivity contribution in [3.63, 3.8) is 0 Å². The van der Waals surface area contributed by atoms with Gasteiger partial charge in [-0.05, 0) is 18.2 Å². The second-order valence-corrected chi connectivity index (χ2v) is 3.99. The summed E-state index contributed by atoms with van der Waals surface area (Å²) in [6, 6.07) is 6.81. The van der Waals surface area contributed by atoms with Crippen LogP contribution in [0.3, 0.4) is 0 Å². The quantitative estimate of drug-likeness (QED) is 0.724. The van der Waals surface area contributed by atoms with Crippen LogP contribution in [0.4, 0.5) is 0 Å². The van der Waals surface area contributed by atoms with E-state index in [1.54, 1.807) is 6.07 Å². The fraction of sp³-hybridized carbons (Fsp3) is 0. The molecule has 0 bridgehead atoms. The van der Waals surface area contributed by atoms with E-state index >= 15 is 0 Å². The maximum Gasteiger partial charge on any atom is 0.190 e. The third-order valence-electron chi connectivity index (χ3n) is 1.76. The number of H-pyrrole nitrogens is 1. The molecule has 2 aromatic rings. The average Bonchev–Trinajstić information content (AvgIpc) is 2.06. The molecule has 0 fully saturated rings. The molecule has 1 aromatic carbocycles. The summed E-state index contributed by atoms with van der Waals surface area (Å²) in [7, 11) is 0. The van der Waals surface area contributed by atoms with Crippen molar-refractivity contribution >= 4 is 38.4 Å². The standard InChI is InChI=1S/C9H5BrClNO/c10-5-1-2-7-6(3-5)8(13)4-9(11)12-7/h1-4H,(H,12,13). The first-order chi connectivity index (χ1) is 6.16. The Balaban J connectivity index is 2.95. The lowest BCUT2D eigenvalue weighted by molar-refractivity contribution is 1.39. The molecule has 0 saturated heterocycles. The van der Waals surface area contributed by atoms with Gasteiger partial charge >= 0.3 is 0 Å². The number of nitrogens with one attached hydrogen (secondary N) is 1. The number of hydrogen-bond donors (Lipinski definition) is 1. The van der Waals surface area contributed by atoms with Crippen LogP contribution in [-0.2, 0) is 0 Å². The van der Waals surface area contributed by atoms with Crippen LogP contribution in [0.2, 0.25) is 5.15 Å². The second-order valence-electron chi connectivity index (χ2n) is 2.67. The van der Waals surface area contributed by atoms with Crippen LogP contribution < -0.4 is 5.43 Å². The Labute approximate surface area is 87.7 Å². The fourth-order valence-corrected chi connectivity index (χ4v) is 1.75. The first-order valence-corrected chi connectivity index (χ1v) is 4.82. The molecule has 2 rings (SSSR count). The number of fused-ring (bicyclic) bond motifs is 1. The van der Waals surface area contributed by atoms with E-state index < -0.39 is 0 Å². The zero-order chi connectivity index (χ0) is 9.42. The lowest BCUT2D eigenvalue weighted by Gasteiger charge is -1.98. The van der Waals surface area contributed by atoms with Crippen molar-refractivity contribution < 1.29 is 0 Å². The minimum atomic E-state index is -0.0694. The smallest absolute Gasteiger partial charge is 0.190 e. The average molecular weight is 259 g/mol. The lowest BCUT2D eigenvalue weighted by Crippen LogP contribution is -2.00. The van der Waals surface area contributed by atoms with Crippen LogP contribution in [0.5, 0.6) is 0 Å². The lowest BCUT2D eigenvalue weighted by atomic mass is 10.2. The van der Waals surface area contributed by atoms with Gasteiger partial charge in [-0.25, -0.2) is 0 Å². The van der Waals surface area contributed by atoms with E-state index in [0.717, 1.165) is 9.99 Å². The Kier molecular flexibility index (Phi) is 2.14. The number of pyridine rings is 1. The summed E-state index contributed by atoms with van der Waals surface area (Å²) in [4.78, 5) is 14.3. The van der Waals surface area contributed by atoms with Crippen molar-refractivity contribution in [2.24, 2.45) is 0 Å². The Hall–Kier alpha value is -0.800. The van der Waals surface area contributed by atoms with Crippen LogP contribution in [0.15, 0.2) is 33.5 Å². The summed E-state index contributed by atoms with van der Waals surface area (Å²) in [5, 5.41) is 0.999. The Morgan fingerprint density at radius 2 is 2.08 bits per heavy atom. The summed E-state index contributed by atoms with van der Waals surface area (Å²) < 4.78 is 0.882. The third kappa shape index (κ3) is 1.62. The van der Waals surface area contributed by atoms with E-state index in [4.69, 9.17) is 11.6 Å². The van der Waals surface area contributed by atoms with Gasteiger partial charge in [-0.3, -0.25) is 4.79 Å². The van der Waals surface area contributed by atoms with Gasteiger partial charge in [0.25, 0.3) is 0 Å². The summed E-state index contributed by atoms with van der Waals surface area (Å²) >= 11 is 9.00. The van der Waals surface area contributed by atoms with Crippen LogP contribution in [-0.4, -0.2) is 4.98 Å². The molecule has 0 atom stereocenters. The number of aromatic nitrogens is 1. The number of benzene rings is 1. The molecule has 0 saturated carbocycles. The van der Waals surface area contributed by atoms with Crippen molar-refractivity contribution in [2.75, 3.05) is 0 Å². The molecule has 0 radical (unpaired) electrons. The highest BCUT2D eigenvalue weighted by Crippen LogP contribution is 2.16. The molecule has 0 spiro atoms. The van der Waals surface area contributed by atoms with Gasteiger partial charge in [0.15, 0.2) is 5.43 Å². The molecule has 1 heterocycles. The van der Waals surface area contributed by atoms with E-state index in [9.17, 15) is 4.79 Å². The number of hydrogen-bond acceptors (Lipinski definition) is 1. The van der Waals surface area contributed by atoms with Gasteiger partial charge in [0, 0.05) is 15.9 Å². The minimum Gasteiger partial charge on any atom is -0.345 e. The van der Waals surface area contributed by atoms with Gasteiger partial charge in [-0.1, -0.05) is 27.5 Å². The SMILES string of the molecule is O=c1cc(Cl)[nH]c2ccc(Br)cc12. The number of rotatable bonds is 0. The number of aromatic amines is 1. The van der Waals surface area contributed by atoms with Crippen molar-refractivity contribution in [1.29, 1.82) is 0 Å². The molecule has 4 heteroatoms. The first kappa shape index (κ1) is 8.78. The van der Waals surface area contributed by atoms with Crippen LogP contribution >= 0.6 is 27.5 Å². The molecular formula is C9H5BrClNO. The zero-order valence-corrected chi connectivity index (χ0v) is 8.82. The van der Waals surface area contributed by atoms with Gasteiger partial charge in [-0.2, -0.15) is 0 Å². The monoisotopic (exact) mass is 257 g/mol. The summed E-state index contributed by atoms with van der Waals surface area (Å²) in [6.45, 7) is 0. The van der Waals surface area contributed by atoms with Gasteiger partial charge < -0.3 is 4.98 Å². The van der Waals surface area contributed by atoms with Crippen LogP contribution in [0.1, 0.15) is 0 Å². The highest BCUT2D eigenvalue weighted by molar-refractivity contribution is 9.10. The summed E-state index contributed by atoms with van der Waals surface area (Å²) in [6.07, 6.45) is 0. The molecule has 1 N–H and O–H groups in total. The van der Waals surface area contributed by atoms with Gasteiger partial charge in [0.1, 0.15) is 5.15 Å². The summed E-state index contributed by atoms with van der Waals surface area (Å²) in [5.41, 5.74) is 0.681. The molecule has 0 aliphatic rings. The fourth-order valence-electron chi connectivity index (χ4n) is 1.19. The van der Waals surface area contributed by atoms with E-state index in [0.29, 0.717) is 10.5 Å². The predicted octanol–water partition coefficient (Wildman–Crippen LogP) is 2.94. The minimum absolute atomic E-state index is 0.0694. The van der Waals surface area contributed by atoms with Gasteiger partial charge in [0.05, 0.1) is 5.52 Å². The normalized spacial score (nSPS) is 10.6. The molecule has 2 nitrogen and oxygen atoms in total. The van der Waals surface area contributed by atoms with Gasteiger partial charge in [0.2, 0.25) is 0 Å². The van der Waals surface area contributed by atoms with Crippen molar-refractivity contribution in [1.82, 2.24) is 4.98 Å². The van der Waals surface area contributed by atoms with Crippen molar-refractivity contribution in [3.05, 3.63) is 44.1 Å². The van der Waals surface area contributed by atoms with E-state index in [-0.39, 0.29) is 5.43 Å². The second kappa shape index (κ2) is 3.16. The number of halogens is 2. The maximum absolute atomic E-state index is 11.4. The zero-order valence-electron chi connectivity index (χ0n) is 6.47. The highest BCUT2D eigenvalue weighted by Gasteiger charge is 2.00. The largest absolute Gasteiger partial charge is 0.345 e. The van der Waals surface area contributed by atoms with Crippen LogP contribution in [0, 0.1) is 0 Å². The molecule has 0 aliphatic heterocycles. The van der Waals surface area contributed by atoms with E-state index in [1.165, 1.54) is 6.07 Å². The van der Waals surface area contributed by atoms with Gasteiger partial charge in [-0.15, -0.1) is 0 Å². The third-order valence-corrected chi connectivity index (χ3v) is 2.46. The molecular weight excluding hydrogens is 253 g/mol. The predicted molar refractivity (Wildman–Crippen MR) is 57.3 cm³/mol. The van der Waals surface area contributed by atoms with Crippen molar-refractivity contribution in [2.45, 2.75) is 0 Å². The Bertz CT molecular complexity index is 520. The highest BCUT2D eigenvalue weighted by atomic mass is 79.9. The maximum atomic E-state index is 11.4. The Morgan fingerprint density at radius 1 is 1.31 bits per heavy atom.